The molecule has 1 aromatic heterocycles. The smallest absolute Gasteiger partial charge is 0.319 e. The topological polar surface area (TPSA) is 98.5 Å². The molecule has 0 bridgehead atoms. The summed E-state index contributed by atoms with van der Waals surface area (Å²) in [6.07, 6.45) is 3.67. The number of aromatic nitrogens is 1. The predicted octanol–water partition coefficient (Wildman–Crippen LogP) is 3.81. The molecule has 4 N–H and O–H groups in total. The average molecular weight is 372 g/mol. The highest BCUT2D eigenvalue weighted by molar-refractivity contribution is 5.89. The van der Waals surface area contributed by atoms with Gasteiger partial charge in [0, 0.05) is 24.5 Å². The summed E-state index contributed by atoms with van der Waals surface area (Å²) >= 11 is 0. The van der Waals surface area contributed by atoms with Crippen molar-refractivity contribution in [3.63, 3.8) is 0 Å². The lowest BCUT2D eigenvalue weighted by Crippen LogP contribution is -2.28. The zero-order valence-electron chi connectivity index (χ0n) is 16.1. The molecule has 0 spiro atoms. The van der Waals surface area contributed by atoms with Crippen LogP contribution in [0.25, 0.3) is 0 Å². The van der Waals surface area contributed by atoms with Crippen LogP contribution in [-0.2, 0) is 6.54 Å². The maximum atomic E-state index is 12.1. The second-order valence-corrected chi connectivity index (χ2v) is 6.65. The van der Waals surface area contributed by atoms with Gasteiger partial charge in [-0.1, -0.05) is 13.8 Å². The number of nitrogens with zero attached hydrogens (tertiary/aromatic N) is 1. The van der Waals surface area contributed by atoms with Gasteiger partial charge in [0.1, 0.15) is 5.82 Å². The van der Waals surface area contributed by atoms with E-state index in [1.807, 2.05) is 0 Å². The van der Waals surface area contributed by atoms with Crippen molar-refractivity contribution in [2.75, 3.05) is 24.8 Å². The lowest BCUT2D eigenvalue weighted by molar-refractivity contribution is 0.251. The Labute approximate surface area is 160 Å². The number of pyridine rings is 1. The minimum atomic E-state index is -0.318. The third-order valence-electron chi connectivity index (χ3n) is 3.90. The number of methoxy groups -OCH3 is 1. The molecule has 1 aromatic carbocycles. The van der Waals surface area contributed by atoms with Gasteiger partial charge in [-0.3, -0.25) is 0 Å². The summed E-state index contributed by atoms with van der Waals surface area (Å²) in [5.41, 5.74) is 7.14. The SMILES string of the molecule is COc1ccc(NC(=O)NCc2ccnc(N)c2)cc1OCCCC(C)C. The van der Waals surface area contributed by atoms with Gasteiger partial charge in [-0.2, -0.15) is 0 Å². The normalized spacial score (nSPS) is 10.5. The lowest BCUT2D eigenvalue weighted by atomic mass is 10.1. The number of carbonyl (C=O) groups excluding carboxylic acids is 1. The first kappa shape index (κ1) is 20.4. The predicted molar refractivity (Wildman–Crippen MR) is 107 cm³/mol. The Kier molecular flexibility index (Phi) is 7.73. The van der Waals surface area contributed by atoms with E-state index < -0.39 is 0 Å². The van der Waals surface area contributed by atoms with Gasteiger partial charge in [0.25, 0.3) is 0 Å². The monoisotopic (exact) mass is 372 g/mol. The van der Waals surface area contributed by atoms with E-state index in [0.717, 1.165) is 18.4 Å². The van der Waals surface area contributed by atoms with E-state index in [-0.39, 0.29) is 6.03 Å². The van der Waals surface area contributed by atoms with E-state index in [2.05, 4.69) is 29.5 Å². The molecule has 0 saturated carbocycles. The van der Waals surface area contributed by atoms with E-state index >= 15 is 0 Å². The number of urea groups is 1. The molecule has 0 fully saturated rings. The van der Waals surface area contributed by atoms with Crippen LogP contribution in [0.1, 0.15) is 32.3 Å². The second-order valence-electron chi connectivity index (χ2n) is 6.65. The van der Waals surface area contributed by atoms with Crippen molar-refractivity contribution in [1.29, 1.82) is 0 Å². The Balaban J connectivity index is 1.90. The van der Waals surface area contributed by atoms with Crippen LogP contribution in [0, 0.1) is 5.92 Å². The lowest BCUT2D eigenvalue weighted by Gasteiger charge is -2.14. The van der Waals surface area contributed by atoms with Crippen LogP contribution in [0.2, 0.25) is 0 Å². The van der Waals surface area contributed by atoms with Crippen LogP contribution in [-0.4, -0.2) is 24.7 Å². The highest BCUT2D eigenvalue weighted by atomic mass is 16.5. The Morgan fingerprint density at radius 3 is 2.74 bits per heavy atom. The number of rotatable bonds is 9. The number of amides is 2. The van der Waals surface area contributed by atoms with E-state index in [4.69, 9.17) is 15.2 Å². The molecule has 0 radical (unpaired) electrons. The number of hydrogen-bond donors (Lipinski definition) is 3. The molecular formula is C20H28N4O3. The van der Waals surface area contributed by atoms with Gasteiger partial charge >= 0.3 is 6.03 Å². The van der Waals surface area contributed by atoms with E-state index in [0.29, 0.717) is 42.1 Å². The standard InChI is InChI=1S/C20H28N4O3/c1-14(2)5-4-10-27-18-12-16(6-7-17(18)26-3)24-20(25)23-13-15-8-9-22-19(21)11-15/h6-9,11-12,14H,4-5,10,13H2,1-3H3,(H2,21,22)(H2,23,24,25). The Morgan fingerprint density at radius 1 is 1.22 bits per heavy atom. The third kappa shape index (κ3) is 7.05. The van der Waals surface area contributed by atoms with Crippen molar-refractivity contribution in [2.45, 2.75) is 33.2 Å². The number of carbonyl (C=O) groups is 1. The fourth-order valence-electron chi connectivity index (χ4n) is 2.50. The fraction of sp³-hybridized carbons (Fsp3) is 0.400. The molecule has 0 aliphatic rings. The second kappa shape index (κ2) is 10.3. The first-order valence-corrected chi connectivity index (χ1v) is 9.04. The van der Waals surface area contributed by atoms with Gasteiger partial charge in [-0.05, 0) is 48.6 Å². The highest BCUT2D eigenvalue weighted by Gasteiger charge is 2.09. The summed E-state index contributed by atoms with van der Waals surface area (Å²) in [5, 5.41) is 5.58. The third-order valence-corrected chi connectivity index (χ3v) is 3.90. The molecule has 0 aliphatic carbocycles. The van der Waals surface area contributed by atoms with E-state index in [9.17, 15) is 4.79 Å². The fourth-order valence-corrected chi connectivity index (χ4v) is 2.50. The van der Waals surface area contributed by atoms with Crippen molar-refractivity contribution in [1.82, 2.24) is 10.3 Å². The molecule has 0 unspecified atom stereocenters. The number of nitrogens with two attached hydrogens (primary N) is 1. The molecular weight excluding hydrogens is 344 g/mol. The van der Waals surface area contributed by atoms with Crippen LogP contribution < -0.4 is 25.8 Å². The number of anilines is 2. The molecule has 0 saturated heterocycles. The zero-order chi connectivity index (χ0) is 19.6. The van der Waals surface area contributed by atoms with Crippen LogP contribution in [0.3, 0.4) is 0 Å². The number of hydrogen-bond acceptors (Lipinski definition) is 5. The van der Waals surface area contributed by atoms with E-state index in [1.54, 1.807) is 43.6 Å². The molecule has 146 valence electrons. The molecule has 27 heavy (non-hydrogen) atoms. The van der Waals surface area contributed by atoms with Gasteiger partial charge in [0.2, 0.25) is 0 Å². The van der Waals surface area contributed by atoms with Crippen molar-refractivity contribution in [3.8, 4) is 11.5 Å². The summed E-state index contributed by atoms with van der Waals surface area (Å²) < 4.78 is 11.2. The number of nitrogens with one attached hydrogen (secondary N) is 2. The Morgan fingerprint density at radius 2 is 2.04 bits per heavy atom. The number of ether oxygens (including phenoxy) is 2. The minimum Gasteiger partial charge on any atom is -0.493 e. The zero-order valence-corrected chi connectivity index (χ0v) is 16.1. The summed E-state index contributed by atoms with van der Waals surface area (Å²) in [5.74, 6) is 2.31. The van der Waals surface area contributed by atoms with Gasteiger partial charge < -0.3 is 25.8 Å². The van der Waals surface area contributed by atoms with Crippen LogP contribution >= 0.6 is 0 Å². The molecule has 2 amide bonds. The summed E-state index contributed by atoms with van der Waals surface area (Å²) in [6, 6.07) is 8.50. The summed E-state index contributed by atoms with van der Waals surface area (Å²) in [7, 11) is 1.59. The molecule has 0 atom stereocenters. The molecule has 0 aliphatic heterocycles. The largest absolute Gasteiger partial charge is 0.493 e. The van der Waals surface area contributed by atoms with Crippen molar-refractivity contribution in [2.24, 2.45) is 5.92 Å². The molecule has 2 rings (SSSR count). The van der Waals surface area contributed by atoms with Gasteiger partial charge in [-0.15, -0.1) is 0 Å². The van der Waals surface area contributed by atoms with Crippen LogP contribution in [0.5, 0.6) is 11.5 Å². The maximum absolute atomic E-state index is 12.1. The van der Waals surface area contributed by atoms with Crippen LogP contribution in [0.4, 0.5) is 16.3 Å². The number of benzene rings is 1. The first-order valence-electron chi connectivity index (χ1n) is 9.04. The van der Waals surface area contributed by atoms with Crippen molar-refractivity contribution in [3.05, 3.63) is 42.1 Å². The number of nitrogen functional groups attached to an aromatic ring is 1. The molecule has 7 heteroatoms. The first-order chi connectivity index (χ1) is 13.0. The summed E-state index contributed by atoms with van der Waals surface area (Å²) in [4.78, 5) is 16.1. The van der Waals surface area contributed by atoms with Crippen LogP contribution in [0.15, 0.2) is 36.5 Å². The maximum Gasteiger partial charge on any atom is 0.319 e. The Hall–Kier alpha value is -2.96. The molecule has 2 aromatic rings. The quantitative estimate of drug-likeness (QED) is 0.581. The van der Waals surface area contributed by atoms with Crippen molar-refractivity contribution >= 4 is 17.5 Å². The molecule has 1 heterocycles. The van der Waals surface area contributed by atoms with Gasteiger partial charge in [-0.25, -0.2) is 9.78 Å². The van der Waals surface area contributed by atoms with E-state index in [1.165, 1.54) is 0 Å². The highest BCUT2D eigenvalue weighted by Crippen LogP contribution is 2.30. The minimum absolute atomic E-state index is 0.318. The Bertz CT molecular complexity index is 750. The van der Waals surface area contributed by atoms with Gasteiger partial charge in [0.05, 0.1) is 13.7 Å². The van der Waals surface area contributed by atoms with Gasteiger partial charge in [0.15, 0.2) is 11.5 Å². The average Bonchev–Trinajstić information content (AvgIpc) is 2.64. The molecule has 7 nitrogen and oxygen atoms in total. The summed E-state index contributed by atoms with van der Waals surface area (Å²) in [6.45, 7) is 5.33. The van der Waals surface area contributed by atoms with Crippen molar-refractivity contribution < 1.29 is 14.3 Å².